The maximum absolute atomic E-state index is 10.8. The summed E-state index contributed by atoms with van der Waals surface area (Å²) in [6, 6.07) is 4.92. The number of carbonyl (C=O) groups is 1. The summed E-state index contributed by atoms with van der Waals surface area (Å²) in [6.45, 7) is 3.70. The highest BCUT2D eigenvalue weighted by Gasteiger charge is 2.23. The number of nitrogens with two attached hydrogens (primary N) is 1. The van der Waals surface area contributed by atoms with Crippen molar-refractivity contribution in [2.24, 2.45) is 5.92 Å². The van der Waals surface area contributed by atoms with Gasteiger partial charge in [-0.2, -0.15) is 0 Å². The van der Waals surface area contributed by atoms with Gasteiger partial charge in [0.25, 0.3) is 0 Å². The van der Waals surface area contributed by atoms with E-state index in [0.29, 0.717) is 5.92 Å². The van der Waals surface area contributed by atoms with Gasteiger partial charge in [-0.05, 0) is 31.5 Å². The fourth-order valence-electron chi connectivity index (χ4n) is 2.16. The van der Waals surface area contributed by atoms with E-state index in [-0.39, 0.29) is 17.4 Å². The Morgan fingerprint density at radius 1 is 1.61 bits per heavy atom. The van der Waals surface area contributed by atoms with Crippen molar-refractivity contribution in [3.05, 3.63) is 23.8 Å². The number of nitrogens with one attached hydrogen (secondary N) is 1. The number of hydrogen-bond acceptors (Lipinski definition) is 4. The van der Waals surface area contributed by atoms with E-state index in [1.807, 2.05) is 0 Å². The summed E-state index contributed by atoms with van der Waals surface area (Å²) >= 11 is 0. The molecule has 2 rings (SSSR count). The number of hydrogen-bond donors (Lipinski definition) is 3. The van der Waals surface area contributed by atoms with E-state index >= 15 is 0 Å². The lowest BCUT2D eigenvalue weighted by molar-refractivity contribution is 0.0698. The van der Waals surface area contributed by atoms with Gasteiger partial charge in [0.2, 0.25) is 0 Å². The highest BCUT2D eigenvalue weighted by Crippen LogP contribution is 2.22. The molecule has 4 N–H and O–H groups in total. The van der Waals surface area contributed by atoms with Crippen molar-refractivity contribution >= 4 is 17.3 Å². The molecule has 0 bridgehead atoms. The predicted molar refractivity (Wildman–Crippen MR) is 69.8 cm³/mol. The molecule has 1 aromatic rings. The normalized spacial score (nSPS) is 22.9. The molecule has 0 spiro atoms. The number of benzene rings is 1. The molecule has 1 fully saturated rings. The molecule has 2 atom stereocenters. The molecule has 1 aliphatic rings. The van der Waals surface area contributed by atoms with E-state index in [4.69, 9.17) is 15.6 Å². The molecule has 1 aliphatic heterocycles. The molecule has 2 unspecified atom stereocenters. The summed E-state index contributed by atoms with van der Waals surface area (Å²) < 4.78 is 5.49. The van der Waals surface area contributed by atoms with E-state index < -0.39 is 5.97 Å². The first-order valence-corrected chi connectivity index (χ1v) is 6.06. The summed E-state index contributed by atoms with van der Waals surface area (Å²) in [5.41, 5.74) is 6.95. The second-order valence-corrected chi connectivity index (χ2v) is 4.61. The zero-order valence-electron chi connectivity index (χ0n) is 10.3. The second kappa shape index (κ2) is 5.27. The van der Waals surface area contributed by atoms with Gasteiger partial charge in [0.05, 0.1) is 11.7 Å². The zero-order chi connectivity index (χ0) is 13.1. The Bertz CT molecular complexity index is 448. The van der Waals surface area contributed by atoms with E-state index in [9.17, 15) is 4.79 Å². The summed E-state index contributed by atoms with van der Waals surface area (Å²) in [7, 11) is 0. The molecule has 5 heteroatoms. The average molecular weight is 250 g/mol. The maximum Gasteiger partial charge on any atom is 0.337 e. The SMILES string of the molecule is CC1OCCC1CNc1ccc(C(=O)O)c(N)c1. The number of rotatable bonds is 4. The van der Waals surface area contributed by atoms with E-state index in [2.05, 4.69) is 12.2 Å². The van der Waals surface area contributed by atoms with Gasteiger partial charge in [-0.1, -0.05) is 0 Å². The number of carboxylic acids is 1. The Morgan fingerprint density at radius 3 is 2.94 bits per heavy atom. The number of carboxylic acid groups (broad SMARTS) is 1. The standard InChI is InChI=1S/C13H18N2O3/c1-8-9(4-5-18-8)7-15-10-2-3-11(13(16)17)12(14)6-10/h2-3,6,8-9,15H,4-5,7,14H2,1H3,(H,16,17). The Morgan fingerprint density at radius 2 is 2.39 bits per heavy atom. The summed E-state index contributed by atoms with van der Waals surface area (Å²) in [6.07, 6.45) is 1.32. The van der Waals surface area contributed by atoms with Crippen molar-refractivity contribution in [2.75, 3.05) is 24.2 Å². The van der Waals surface area contributed by atoms with E-state index in [1.54, 1.807) is 12.1 Å². The van der Waals surface area contributed by atoms with E-state index in [0.717, 1.165) is 25.3 Å². The number of nitrogen functional groups attached to an aromatic ring is 1. The van der Waals surface area contributed by atoms with Crippen LogP contribution in [0, 0.1) is 5.92 Å². The van der Waals surface area contributed by atoms with Crippen LogP contribution in [0.15, 0.2) is 18.2 Å². The molecule has 0 aromatic heterocycles. The van der Waals surface area contributed by atoms with Crippen LogP contribution in [-0.4, -0.2) is 30.3 Å². The molecule has 1 heterocycles. The molecule has 1 aromatic carbocycles. The molecule has 0 amide bonds. The lowest BCUT2D eigenvalue weighted by Crippen LogP contribution is -2.20. The van der Waals surface area contributed by atoms with Gasteiger partial charge in [0.15, 0.2) is 0 Å². The molecule has 1 saturated heterocycles. The van der Waals surface area contributed by atoms with Crippen molar-refractivity contribution in [2.45, 2.75) is 19.4 Å². The summed E-state index contributed by atoms with van der Waals surface area (Å²) in [5.74, 6) is -0.512. The van der Waals surface area contributed by atoms with Crippen LogP contribution in [0.4, 0.5) is 11.4 Å². The Hall–Kier alpha value is -1.75. The monoisotopic (exact) mass is 250 g/mol. The van der Waals surface area contributed by atoms with Crippen molar-refractivity contribution in [1.82, 2.24) is 0 Å². The smallest absolute Gasteiger partial charge is 0.337 e. The average Bonchev–Trinajstić information content (AvgIpc) is 2.72. The summed E-state index contributed by atoms with van der Waals surface area (Å²) in [5, 5.41) is 12.1. The van der Waals surface area contributed by atoms with E-state index in [1.165, 1.54) is 6.07 Å². The van der Waals surface area contributed by atoms with Crippen molar-refractivity contribution in [3.8, 4) is 0 Å². The van der Waals surface area contributed by atoms with Gasteiger partial charge in [-0.3, -0.25) is 0 Å². The lowest BCUT2D eigenvalue weighted by Gasteiger charge is -2.16. The van der Waals surface area contributed by atoms with Crippen molar-refractivity contribution in [3.63, 3.8) is 0 Å². The quantitative estimate of drug-likeness (QED) is 0.710. The fourth-order valence-corrected chi connectivity index (χ4v) is 2.16. The van der Waals surface area contributed by atoms with Crippen LogP contribution in [-0.2, 0) is 4.74 Å². The Kier molecular flexibility index (Phi) is 3.72. The van der Waals surface area contributed by atoms with Gasteiger partial charge in [-0.15, -0.1) is 0 Å². The van der Waals surface area contributed by atoms with Crippen LogP contribution >= 0.6 is 0 Å². The minimum absolute atomic E-state index is 0.137. The topological polar surface area (TPSA) is 84.6 Å². The Balaban J connectivity index is 1.98. The van der Waals surface area contributed by atoms with Gasteiger partial charge in [-0.25, -0.2) is 4.79 Å². The molecule has 0 saturated carbocycles. The Labute approximate surface area is 106 Å². The molecule has 0 aliphatic carbocycles. The number of aromatic carboxylic acids is 1. The minimum atomic E-state index is -1.00. The van der Waals surface area contributed by atoms with Crippen LogP contribution in [0.25, 0.3) is 0 Å². The first-order valence-electron chi connectivity index (χ1n) is 6.06. The first-order chi connectivity index (χ1) is 8.58. The fraction of sp³-hybridized carbons (Fsp3) is 0.462. The molecular weight excluding hydrogens is 232 g/mol. The zero-order valence-corrected chi connectivity index (χ0v) is 10.3. The van der Waals surface area contributed by atoms with Gasteiger partial charge >= 0.3 is 5.97 Å². The number of anilines is 2. The van der Waals surface area contributed by atoms with Crippen LogP contribution in [0.1, 0.15) is 23.7 Å². The molecule has 18 heavy (non-hydrogen) atoms. The predicted octanol–water partition coefficient (Wildman–Crippen LogP) is 1.80. The minimum Gasteiger partial charge on any atom is -0.478 e. The first kappa shape index (κ1) is 12.7. The third-order valence-corrected chi connectivity index (χ3v) is 3.38. The molecule has 98 valence electrons. The largest absolute Gasteiger partial charge is 0.478 e. The van der Waals surface area contributed by atoms with Crippen LogP contribution in [0.2, 0.25) is 0 Å². The molecular formula is C13H18N2O3. The third kappa shape index (κ3) is 2.73. The second-order valence-electron chi connectivity index (χ2n) is 4.61. The van der Waals surface area contributed by atoms with Gasteiger partial charge in [0, 0.05) is 30.4 Å². The van der Waals surface area contributed by atoms with Crippen molar-refractivity contribution < 1.29 is 14.6 Å². The van der Waals surface area contributed by atoms with Gasteiger partial charge in [0.1, 0.15) is 0 Å². The lowest BCUT2D eigenvalue weighted by atomic mass is 10.0. The highest BCUT2D eigenvalue weighted by molar-refractivity contribution is 5.94. The summed E-state index contributed by atoms with van der Waals surface area (Å²) in [4.78, 5) is 10.8. The molecule has 5 nitrogen and oxygen atoms in total. The molecule has 0 radical (unpaired) electrons. The number of ether oxygens (including phenoxy) is 1. The maximum atomic E-state index is 10.8. The van der Waals surface area contributed by atoms with Crippen LogP contribution in [0.5, 0.6) is 0 Å². The highest BCUT2D eigenvalue weighted by atomic mass is 16.5. The van der Waals surface area contributed by atoms with Crippen LogP contribution in [0.3, 0.4) is 0 Å². The third-order valence-electron chi connectivity index (χ3n) is 3.38. The van der Waals surface area contributed by atoms with Crippen LogP contribution < -0.4 is 11.1 Å². The van der Waals surface area contributed by atoms with Gasteiger partial charge < -0.3 is 20.9 Å². The van der Waals surface area contributed by atoms with Crippen molar-refractivity contribution in [1.29, 1.82) is 0 Å².